The Morgan fingerprint density at radius 3 is 0.286 bits per heavy atom. The zero-order valence-corrected chi connectivity index (χ0v) is 0.707. The van der Waals surface area contributed by atoms with Gasteiger partial charge in [0.05, 0.1) is 0 Å². The van der Waals surface area contributed by atoms with Crippen LogP contribution in [0.5, 0.6) is 0 Å². The molecule has 0 bridgehead atoms. The predicted molar refractivity (Wildman–Crippen MR) is 47.9 cm³/mol. The van der Waals surface area contributed by atoms with Gasteiger partial charge in [0.2, 0.25) is 0 Å². The van der Waals surface area contributed by atoms with Crippen molar-refractivity contribution >= 4 is 308 Å². The van der Waals surface area contributed by atoms with Crippen LogP contribution in [0.25, 0.3) is 0 Å². The fourth-order valence-electron chi connectivity index (χ4n) is 0. The van der Waals surface area contributed by atoms with Gasteiger partial charge in [-0.2, -0.15) is 0 Å². The third-order valence-corrected chi connectivity index (χ3v) is 0. The molecule has 0 saturated heterocycles. The van der Waals surface area contributed by atoms with Crippen molar-refractivity contribution in [1.82, 2.24) is 6.15 Å². The van der Waals surface area contributed by atoms with E-state index in [1.54, 1.807) is 0 Å². The Kier molecular flexibility index (Phi) is 225. The third kappa shape index (κ3) is 31.3. The topological polar surface area (TPSA) is 35.0 Å². The molecule has 7 heteroatoms. The first kappa shape index (κ1) is 43.7. The summed E-state index contributed by atoms with van der Waals surface area (Å²) in [5.41, 5.74) is 0. The molecular formula is H9K6N. The Morgan fingerprint density at radius 2 is 0.286 bits per heavy atom. The number of hydrogen-bond acceptors (Lipinski definition) is 1. The molecule has 0 fully saturated rings. The van der Waals surface area contributed by atoms with E-state index in [4.69, 9.17) is 0 Å². The summed E-state index contributed by atoms with van der Waals surface area (Å²) >= 11 is 0. The van der Waals surface area contributed by atoms with E-state index < -0.39 is 0 Å². The Hall–Kier alpha value is 9.78. The van der Waals surface area contributed by atoms with Crippen LogP contribution in [-0.4, -0.2) is 308 Å². The van der Waals surface area contributed by atoms with Crippen molar-refractivity contribution < 1.29 is 0 Å². The van der Waals surface area contributed by atoms with Gasteiger partial charge in [-0.1, -0.05) is 0 Å². The van der Waals surface area contributed by atoms with E-state index in [0.717, 1.165) is 0 Å². The zero-order chi connectivity index (χ0) is 0. The molecule has 20 valence electrons. The monoisotopic (exact) mass is 257 g/mol. The van der Waals surface area contributed by atoms with Crippen LogP contribution in [0.4, 0.5) is 0 Å². The normalized spacial score (nSPS) is 0. The summed E-state index contributed by atoms with van der Waals surface area (Å²) in [5, 5.41) is 0. The summed E-state index contributed by atoms with van der Waals surface area (Å²) in [7, 11) is 0. The van der Waals surface area contributed by atoms with Gasteiger partial charge in [-0.05, 0) is 0 Å². The van der Waals surface area contributed by atoms with Crippen molar-refractivity contribution in [3.8, 4) is 0 Å². The van der Waals surface area contributed by atoms with E-state index in [2.05, 4.69) is 0 Å². The van der Waals surface area contributed by atoms with Crippen LogP contribution in [0.3, 0.4) is 0 Å². The van der Waals surface area contributed by atoms with Gasteiger partial charge in [0, 0.05) is 0 Å². The summed E-state index contributed by atoms with van der Waals surface area (Å²) in [4.78, 5) is 0. The molecule has 0 aliphatic carbocycles. The molecule has 0 atom stereocenters. The molecule has 0 radical (unpaired) electrons. The first-order chi connectivity index (χ1) is 0. The van der Waals surface area contributed by atoms with Crippen LogP contribution in [0.2, 0.25) is 0 Å². The second kappa shape index (κ2) is 36.0. The van der Waals surface area contributed by atoms with Crippen molar-refractivity contribution in [1.29, 1.82) is 0 Å². The standard InChI is InChI=1S/6K.H3N.6H/h;;;;;;1H3;;;;;;. The van der Waals surface area contributed by atoms with Crippen LogP contribution in [0.1, 0.15) is 0 Å². The molecule has 0 aliphatic rings. The minimum atomic E-state index is 0. The van der Waals surface area contributed by atoms with Crippen molar-refractivity contribution in [2.24, 2.45) is 0 Å². The van der Waals surface area contributed by atoms with Crippen LogP contribution in [-0.2, 0) is 0 Å². The van der Waals surface area contributed by atoms with Gasteiger partial charge in [-0.15, -0.1) is 0 Å². The minimum absolute atomic E-state index is 0. The first-order valence-electron chi connectivity index (χ1n) is 0. The Balaban J connectivity index is 0. The average molecular weight is 258 g/mol. The van der Waals surface area contributed by atoms with Gasteiger partial charge >= 0.3 is 308 Å². The number of rotatable bonds is 0. The second-order valence-corrected chi connectivity index (χ2v) is 0. The van der Waals surface area contributed by atoms with Crippen molar-refractivity contribution in [3.05, 3.63) is 0 Å². The molecule has 0 amide bonds. The van der Waals surface area contributed by atoms with Crippen LogP contribution in [0, 0.1) is 0 Å². The fraction of sp³-hybridized carbons (Fsp3) is 0. The van der Waals surface area contributed by atoms with E-state index >= 15 is 0 Å². The summed E-state index contributed by atoms with van der Waals surface area (Å²) < 4.78 is 0. The molecule has 0 aromatic carbocycles. The molecule has 0 rings (SSSR count). The van der Waals surface area contributed by atoms with Crippen molar-refractivity contribution in [3.63, 3.8) is 0 Å². The van der Waals surface area contributed by atoms with Crippen molar-refractivity contribution in [2.75, 3.05) is 0 Å². The van der Waals surface area contributed by atoms with E-state index in [9.17, 15) is 0 Å². The maximum atomic E-state index is 0. The SMILES string of the molecule is N.[KH].[KH].[KH].[KH].[KH].[KH]. The van der Waals surface area contributed by atoms with Crippen LogP contribution < -0.4 is 6.15 Å². The summed E-state index contributed by atoms with van der Waals surface area (Å²) in [6.45, 7) is 0. The molecule has 1 nitrogen and oxygen atoms in total. The third-order valence-electron chi connectivity index (χ3n) is 0. The fourth-order valence-corrected chi connectivity index (χ4v) is 0. The quantitative estimate of drug-likeness (QED) is 0.445. The van der Waals surface area contributed by atoms with Gasteiger partial charge in [0.15, 0.2) is 0 Å². The van der Waals surface area contributed by atoms with Gasteiger partial charge < -0.3 is 6.15 Å². The zero-order valence-electron chi connectivity index (χ0n) is 0.707. The molecule has 7 heavy (non-hydrogen) atoms. The molecule has 0 spiro atoms. The molecule has 0 saturated carbocycles. The molecule has 0 heterocycles. The van der Waals surface area contributed by atoms with E-state index in [-0.39, 0.29) is 314 Å². The number of hydrogen-bond donors (Lipinski definition) is 1. The Morgan fingerprint density at radius 1 is 0.286 bits per heavy atom. The second-order valence-electron chi connectivity index (χ2n) is 0. The first-order valence-corrected chi connectivity index (χ1v) is 0. The summed E-state index contributed by atoms with van der Waals surface area (Å²) in [6, 6.07) is 0. The van der Waals surface area contributed by atoms with Gasteiger partial charge in [0.1, 0.15) is 0 Å². The Bertz CT molecular complexity index is 4.14. The molecule has 0 aromatic rings. The molecular weight excluding hydrogens is 249 g/mol. The van der Waals surface area contributed by atoms with Crippen LogP contribution >= 0.6 is 0 Å². The van der Waals surface area contributed by atoms with E-state index in [1.165, 1.54) is 0 Å². The van der Waals surface area contributed by atoms with Crippen molar-refractivity contribution in [2.45, 2.75) is 0 Å². The summed E-state index contributed by atoms with van der Waals surface area (Å²) in [6.07, 6.45) is 0. The maximum absolute atomic E-state index is 0. The average Bonchev–Trinajstić information content (AvgIpc) is 0. The molecule has 0 aliphatic heterocycles. The van der Waals surface area contributed by atoms with Gasteiger partial charge in [-0.3, -0.25) is 0 Å². The van der Waals surface area contributed by atoms with E-state index in [0.29, 0.717) is 0 Å². The summed E-state index contributed by atoms with van der Waals surface area (Å²) in [5.74, 6) is 0. The predicted octanol–water partition coefficient (Wildman–Crippen LogP) is -3.73. The molecule has 3 N–H and O–H groups in total. The van der Waals surface area contributed by atoms with Gasteiger partial charge in [-0.25, -0.2) is 0 Å². The Labute approximate surface area is 301 Å². The van der Waals surface area contributed by atoms with Crippen LogP contribution in [0.15, 0.2) is 0 Å². The van der Waals surface area contributed by atoms with E-state index in [1.807, 2.05) is 0 Å². The van der Waals surface area contributed by atoms with Gasteiger partial charge in [0.25, 0.3) is 0 Å². The molecule has 0 unspecified atom stereocenters. The molecule has 0 aromatic heterocycles.